The van der Waals surface area contributed by atoms with E-state index in [0.29, 0.717) is 22.5 Å². The van der Waals surface area contributed by atoms with Crippen molar-refractivity contribution in [2.24, 2.45) is 0 Å². The van der Waals surface area contributed by atoms with Crippen molar-refractivity contribution in [3.63, 3.8) is 0 Å². The normalized spacial score (nSPS) is 12.7. The largest absolute Gasteiger partial charge is 0.445 e. The molecule has 2 rings (SSSR count). The monoisotopic (exact) mass is 284 g/mol. The molecule has 0 aliphatic heterocycles. The number of oxazole rings is 1. The number of hydrogen-bond donors (Lipinski definition) is 1. The van der Waals surface area contributed by atoms with Crippen LogP contribution in [0.1, 0.15) is 30.2 Å². The predicted molar refractivity (Wildman–Crippen MR) is 73.0 cm³/mol. The van der Waals surface area contributed by atoms with E-state index in [9.17, 15) is 0 Å². The number of aryl methyl sites for hydroxylation is 1. The number of benzene rings is 1. The van der Waals surface area contributed by atoms with Crippen LogP contribution in [0.3, 0.4) is 0 Å². The van der Waals surface area contributed by atoms with E-state index in [2.05, 4.69) is 10.3 Å². The Morgan fingerprint density at radius 1 is 1.39 bits per heavy atom. The second-order valence-electron chi connectivity index (χ2n) is 4.11. The third-order valence-corrected chi connectivity index (χ3v) is 3.51. The lowest BCUT2D eigenvalue weighted by Crippen LogP contribution is -2.18. The second-order valence-corrected chi connectivity index (χ2v) is 4.90. The zero-order valence-corrected chi connectivity index (χ0v) is 11.7. The lowest BCUT2D eigenvalue weighted by atomic mass is 10.1. The second kappa shape index (κ2) is 5.74. The van der Waals surface area contributed by atoms with Crippen molar-refractivity contribution in [3.8, 4) is 0 Å². The highest BCUT2D eigenvalue weighted by molar-refractivity contribution is 6.42. The Morgan fingerprint density at radius 3 is 2.83 bits per heavy atom. The van der Waals surface area contributed by atoms with Crippen LogP contribution in [-0.2, 0) is 6.54 Å². The first-order valence-electron chi connectivity index (χ1n) is 5.66. The van der Waals surface area contributed by atoms with E-state index in [1.165, 1.54) is 0 Å². The van der Waals surface area contributed by atoms with Crippen LogP contribution >= 0.6 is 23.2 Å². The van der Waals surface area contributed by atoms with Crippen LogP contribution in [0, 0.1) is 6.92 Å². The summed E-state index contributed by atoms with van der Waals surface area (Å²) in [5, 5.41) is 4.45. The highest BCUT2D eigenvalue weighted by Crippen LogP contribution is 2.29. The standard InChI is InChI=1S/C13H14Cl2N2O/c1-8-6-17-12(18-8)7-16-9(2)10-4-3-5-11(14)13(10)15/h3-6,9,16H,7H2,1-2H3. The molecular formula is C13H14Cl2N2O. The zero-order chi connectivity index (χ0) is 13.1. The number of hydrogen-bond acceptors (Lipinski definition) is 3. The van der Waals surface area contributed by atoms with Crippen molar-refractivity contribution in [1.29, 1.82) is 0 Å². The van der Waals surface area contributed by atoms with E-state index < -0.39 is 0 Å². The Kier molecular flexibility index (Phi) is 4.27. The van der Waals surface area contributed by atoms with Crippen LogP contribution in [-0.4, -0.2) is 4.98 Å². The summed E-state index contributed by atoms with van der Waals surface area (Å²) in [5.74, 6) is 1.47. The minimum absolute atomic E-state index is 0.0726. The minimum atomic E-state index is 0.0726. The molecule has 0 saturated heterocycles. The molecule has 96 valence electrons. The van der Waals surface area contributed by atoms with Gasteiger partial charge in [-0.15, -0.1) is 0 Å². The highest BCUT2D eigenvalue weighted by atomic mass is 35.5. The summed E-state index contributed by atoms with van der Waals surface area (Å²) in [7, 11) is 0. The Bertz CT molecular complexity index is 540. The third-order valence-electron chi connectivity index (χ3n) is 2.68. The van der Waals surface area contributed by atoms with Gasteiger partial charge >= 0.3 is 0 Å². The fraction of sp³-hybridized carbons (Fsp3) is 0.308. The van der Waals surface area contributed by atoms with Gasteiger partial charge in [-0.2, -0.15) is 0 Å². The molecule has 0 aliphatic carbocycles. The van der Waals surface area contributed by atoms with Crippen molar-refractivity contribution in [2.45, 2.75) is 26.4 Å². The van der Waals surface area contributed by atoms with Crippen LogP contribution in [0.2, 0.25) is 10.0 Å². The first kappa shape index (κ1) is 13.4. The van der Waals surface area contributed by atoms with Crippen LogP contribution in [0.25, 0.3) is 0 Å². The lowest BCUT2D eigenvalue weighted by molar-refractivity contribution is 0.432. The first-order chi connectivity index (χ1) is 8.58. The molecule has 3 nitrogen and oxygen atoms in total. The summed E-state index contributed by atoms with van der Waals surface area (Å²) < 4.78 is 5.39. The van der Waals surface area contributed by atoms with E-state index in [0.717, 1.165) is 11.3 Å². The molecule has 0 saturated carbocycles. The summed E-state index contributed by atoms with van der Waals surface area (Å²) in [6.07, 6.45) is 1.70. The molecule has 0 bridgehead atoms. The molecule has 1 unspecified atom stereocenters. The number of rotatable bonds is 4. The van der Waals surface area contributed by atoms with E-state index in [4.69, 9.17) is 27.6 Å². The molecule has 18 heavy (non-hydrogen) atoms. The van der Waals surface area contributed by atoms with Gasteiger partial charge in [0.05, 0.1) is 22.8 Å². The lowest BCUT2D eigenvalue weighted by Gasteiger charge is -2.15. The Morgan fingerprint density at radius 2 is 2.17 bits per heavy atom. The van der Waals surface area contributed by atoms with Gasteiger partial charge in [0.1, 0.15) is 5.76 Å². The molecule has 0 radical (unpaired) electrons. The van der Waals surface area contributed by atoms with Crippen molar-refractivity contribution < 1.29 is 4.42 Å². The quantitative estimate of drug-likeness (QED) is 0.917. The summed E-state index contributed by atoms with van der Waals surface area (Å²) in [5.41, 5.74) is 0.965. The summed E-state index contributed by atoms with van der Waals surface area (Å²) in [6.45, 7) is 4.44. The van der Waals surface area contributed by atoms with E-state index in [1.54, 1.807) is 12.3 Å². The average molecular weight is 285 g/mol. The number of halogens is 2. The number of nitrogens with zero attached hydrogens (tertiary/aromatic N) is 1. The van der Waals surface area contributed by atoms with Gasteiger partial charge in [-0.05, 0) is 25.5 Å². The van der Waals surface area contributed by atoms with Crippen molar-refractivity contribution in [2.75, 3.05) is 0 Å². The molecule has 0 fully saturated rings. The van der Waals surface area contributed by atoms with Gasteiger partial charge in [-0.1, -0.05) is 35.3 Å². The maximum Gasteiger partial charge on any atom is 0.208 e. The van der Waals surface area contributed by atoms with Crippen molar-refractivity contribution in [1.82, 2.24) is 10.3 Å². The molecule has 1 N–H and O–H groups in total. The predicted octanol–water partition coefficient (Wildman–Crippen LogP) is 4.14. The van der Waals surface area contributed by atoms with Gasteiger partial charge in [0, 0.05) is 6.04 Å². The average Bonchev–Trinajstić information content (AvgIpc) is 2.76. The van der Waals surface area contributed by atoms with E-state index in [1.807, 2.05) is 26.0 Å². The Hall–Kier alpha value is -1.03. The smallest absolute Gasteiger partial charge is 0.208 e. The zero-order valence-electron chi connectivity index (χ0n) is 10.2. The SMILES string of the molecule is Cc1cnc(CNC(C)c2cccc(Cl)c2Cl)o1. The summed E-state index contributed by atoms with van der Waals surface area (Å²) in [4.78, 5) is 4.13. The van der Waals surface area contributed by atoms with Crippen molar-refractivity contribution in [3.05, 3.63) is 51.7 Å². The van der Waals surface area contributed by atoms with Crippen LogP contribution in [0.5, 0.6) is 0 Å². The molecule has 2 aromatic rings. The molecule has 1 atom stereocenters. The topological polar surface area (TPSA) is 38.1 Å². The fourth-order valence-electron chi connectivity index (χ4n) is 1.69. The van der Waals surface area contributed by atoms with Gasteiger partial charge in [-0.3, -0.25) is 0 Å². The Labute approximate surface area is 116 Å². The van der Waals surface area contributed by atoms with Crippen LogP contribution in [0.4, 0.5) is 0 Å². The van der Waals surface area contributed by atoms with Crippen LogP contribution < -0.4 is 5.32 Å². The van der Waals surface area contributed by atoms with Gasteiger partial charge in [-0.25, -0.2) is 4.98 Å². The third kappa shape index (κ3) is 3.05. The molecular weight excluding hydrogens is 271 g/mol. The fourth-order valence-corrected chi connectivity index (χ4v) is 2.16. The van der Waals surface area contributed by atoms with Crippen molar-refractivity contribution >= 4 is 23.2 Å². The molecule has 0 aliphatic rings. The molecule has 0 amide bonds. The van der Waals surface area contributed by atoms with Gasteiger partial charge in [0.2, 0.25) is 5.89 Å². The highest BCUT2D eigenvalue weighted by Gasteiger charge is 2.12. The maximum absolute atomic E-state index is 6.16. The van der Waals surface area contributed by atoms with E-state index >= 15 is 0 Å². The molecule has 0 spiro atoms. The van der Waals surface area contributed by atoms with E-state index in [-0.39, 0.29) is 6.04 Å². The maximum atomic E-state index is 6.16. The summed E-state index contributed by atoms with van der Waals surface area (Å²) >= 11 is 12.2. The van der Waals surface area contributed by atoms with Gasteiger partial charge < -0.3 is 9.73 Å². The van der Waals surface area contributed by atoms with Gasteiger partial charge in [0.15, 0.2) is 0 Å². The first-order valence-corrected chi connectivity index (χ1v) is 6.42. The molecule has 5 heteroatoms. The Balaban J connectivity index is 2.03. The van der Waals surface area contributed by atoms with Crippen LogP contribution in [0.15, 0.2) is 28.8 Å². The molecule has 1 heterocycles. The molecule has 1 aromatic carbocycles. The number of nitrogens with one attached hydrogen (secondary N) is 1. The van der Waals surface area contributed by atoms with Gasteiger partial charge in [0.25, 0.3) is 0 Å². The molecule has 1 aromatic heterocycles. The minimum Gasteiger partial charge on any atom is -0.445 e. The number of aromatic nitrogens is 1. The summed E-state index contributed by atoms with van der Waals surface area (Å²) in [6, 6.07) is 5.68.